The molecule has 0 aromatic heterocycles. The Balaban J connectivity index is 0.00000240. The SMILES string of the molecule is Cl.O=C(NC1CC2CCC(C1)N2)C1CC(=O)N(Cc2cccc(C(F)(F)F)c2)C1. The predicted molar refractivity (Wildman–Crippen MR) is 103 cm³/mol. The summed E-state index contributed by atoms with van der Waals surface area (Å²) in [6.45, 7) is 0.336. The van der Waals surface area contributed by atoms with E-state index < -0.39 is 17.7 Å². The highest BCUT2D eigenvalue weighted by molar-refractivity contribution is 5.89. The largest absolute Gasteiger partial charge is 0.416 e. The number of halogens is 4. The van der Waals surface area contributed by atoms with Crippen LogP contribution in [0.3, 0.4) is 0 Å². The smallest absolute Gasteiger partial charge is 0.353 e. The summed E-state index contributed by atoms with van der Waals surface area (Å²) in [5.74, 6) is -0.750. The van der Waals surface area contributed by atoms with Gasteiger partial charge in [0, 0.05) is 37.6 Å². The van der Waals surface area contributed by atoms with Gasteiger partial charge < -0.3 is 15.5 Å². The number of nitrogens with one attached hydrogen (secondary N) is 2. The zero-order chi connectivity index (χ0) is 19.9. The Morgan fingerprint density at radius 3 is 2.55 bits per heavy atom. The Kier molecular flexibility index (Phi) is 6.43. The van der Waals surface area contributed by atoms with Gasteiger partial charge in [0.15, 0.2) is 0 Å². The third-order valence-corrected chi connectivity index (χ3v) is 6.03. The molecule has 0 aliphatic carbocycles. The molecule has 3 saturated heterocycles. The van der Waals surface area contributed by atoms with Crippen LogP contribution in [0.4, 0.5) is 13.2 Å². The summed E-state index contributed by atoms with van der Waals surface area (Å²) in [6.07, 6.45) is -0.189. The van der Waals surface area contributed by atoms with Crippen LogP contribution in [0, 0.1) is 5.92 Å². The Hall–Kier alpha value is -1.80. The zero-order valence-corrected chi connectivity index (χ0v) is 16.7. The average molecular weight is 432 g/mol. The van der Waals surface area contributed by atoms with Crippen LogP contribution in [0.15, 0.2) is 24.3 Å². The van der Waals surface area contributed by atoms with Gasteiger partial charge in [0.2, 0.25) is 11.8 Å². The highest BCUT2D eigenvalue weighted by atomic mass is 35.5. The van der Waals surface area contributed by atoms with E-state index >= 15 is 0 Å². The summed E-state index contributed by atoms with van der Waals surface area (Å²) in [6, 6.07) is 6.05. The molecule has 3 fully saturated rings. The minimum Gasteiger partial charge on any atom is -0.353 e. The van der Waals surface area contributed by atoms with Crippen molar-refractivity contribution in [1.29, 1.82) is 0 Å². The zero-order valence-electron chi connectivity index (χ0n) is 15.9. The molecular formula is C20H25ClF3N3O2. The first-order valence-electron chi connectivity index (χ1n) is 9.78. The van der Waals surface area contributed by atoms with Gasteiger partial charge in [-0.3, -0.25) is 9.59 Å². The van der Waals surface area contributed by atoms with Crippen molar-refractivity contribution in [2.24, 2.45) is 5.92 Å². The van der Waals surface area contributed by atoms with E-state index in [4.69, 9.17) is 0 Å². The lowest BCUT2D eigenvalue weighted by atomic mass is 9.98. The number of amides is 2. The van der Waals surface area contributed by atoms with E-state index in [1.54, 1.807) is 6.07 Å². The maximum atomic E-state index is 12.9. The number of carbonyl (C=O) groups is 2. The molecule has 3 aliphatic rings. The summed E-state index contributed by atoms with van der Waals surface area (Å²) in [7, 11) is 0. The number of piperidine rings is 1. The second-order valence-electron chi connectivity index (χ2n) is 8.19. The lowest BCUT2D eigenvalue weighted by Crippen LogP contribution is -2.49. The second-order valence-corrected chi connectivity index (χ2v) is 8.19. The number of hydrogen-bond donors (Lipinski definition) is 2. The Morgan fingerprint density at radius 2 is 1.90 bits per heavy atom. The number of hydrogen-bond acceptors (Lipinski definition) is 3. The normalized spacial score (nSPS) is 28.9. The van der Waals surface area contributed by atoms with Gasteiger partial charge in [-0.15, -0.1) is 12.4 Å². The van der Waals surface area contributed by atoms with Crippen molar-refractivity contribution in [1.82, 2.24) is 15.5 Å². The Morgan fingerprint density at radius 1 is 1.21 bits per heavy atom. The minimum absolute atomic E-state index is 0. The molecule has 160 valence electrons. The molecule has 1 aromatic carbocycles. The summed E-state index contributed by atoms with van der Waals surface area (Å²) in [5, 5.41) is 6.61. The van der Waals surface area contributed by atoms with Gasteiger partial charge in [-0.05, 0) is 43.4 Å². The maximum absolute atomic E-state index is 12.9. The molecule has 2 N–H and O–H groups in total. The van der Waals surface area contributed by atoms with Crippen LogP contribution in [-0.4, -0.2) is 41.4 Å². The molecule has 3 atom stereocenters. The molecule has 3 heterocycles. The molecule has 3 unspecified atom stereocenters. The van der Waals surface area contributed by atoms with E-state index in [9.17, 15) is 22.8 Å². The molecule has 0 radical (unpaired) electrons. The number of rotatable bonds is 4. The van der Waals surface area contributed by atoms with Crippen molar-refractivity contribution in [2.45, 2.75) is 63.0 Å². The van der Waals surface area contributed by atoms with Crippen molar-refractivity contribution in [3.8, 4) is 0 Å². The van der Waals surface area contributed by atoms with Gasteiger partial charge in [0.05, 0.1) is 11.5 Å². The third-order valence-electron chi connectivity index (χ3n) is 6.03. The molecule has 1 aromatic rings. The Labute approximate surface area is 173 Å². The molecule has 2 amide bonds. The first-order valence-corrected chi connectivity index (χ1v) is 9.78. The highest BCUT2D eigenvalue weighted by Gasteiger charge is 2.38. The van der Waals surface area contributed by atoms with Gasteiger partial charge in [0.25, 0.3) is 0 Å². The van der Waals surface area contributed by atoms with Crippen LogP contribution in [0.2, 0.25) is 0 Å². The van der Waals surface area contributed by atoms with Gasteiger partial charge in [-0.1, -0.05) is 12.1 Å². The molecular weight excluding hydrogens is 407 g/mol. The van der Waals surface area contributed by atoms with E-state index in [-0.39, 0.29) is 49.8 Å². The van der Waals surface area contributed by atoms with Crippen molar-refractivity contribution >= 4 is 24.2 Å². The molecule has 0 saturated carbocycles. The van der Waals surface area contributed by atoms with Gasteiger partial charge in [-0.2, -0.15) is 13.2 Å². The summed E-state index contributed by atoms with van der Waals surface area (Å²) in [5.41, 5.74) is -0.314. The van der Waals surface area contributed by atoms with Crippen molar-refractivity contribution in [2.75, 3.05) is 6.54 Å². The van der Waals surface area contributed by atoms with Gasteiger partial charge >= 0.3 is 6.18 Å². The third kappa shape index (κ3) is 5.04. The van der Waals surface area contributed by atoms with Crippen LogP contribution >= 0.6 is 12.4 Å². The highest BCUT2D eigenvalue weighted by Crippen LogP contribution is 2.31. The van der Waals surface area contributed by atoms with Gasteiger partial charge in [0.1, 0.15) is 0 Å². The van der Waals surface area contributed by atoms with Crippen LogP contribution in [0.25, 0.3) is 0 Å². The molecule has 2 bridgehead atoms. The molecule has 5 nitrogen and oxygen atoms in total. The molecule has 9 heteroatoms. The topological polar surface area (TPSA) is 61.4 Å². The quantitative estimate of drug-likeness (QED) is 0.770. The second kappa shape index (κ2) is 8.52. The van der Waals surface area contributed by atoms with E-state index in [0.717, 1.165) is 37.8 Å². The summed E-state index contributed by atoms with van der Waals surface area (Å²) >= 11 is 0. The van der Waals surface area contributed by atoms with Crippen LogP contribution in [0.1, 0.15) is 43.2 Å². The van der Waals surface area contributed by atoms with Crippen molar-refractivity contribution in [3.63, 3.8) is 0 Å². The van der Waals surface area contributed by atoms with E-state index in [1.807, 2.05) is 0 Å². The van der Waals surface area contributed by atoms with E-state index in [2.05, 4.69) is 10.6 Å². The fourth-order valence-electron chi connectivity index (χ4n) is 4.66. The van der Waals surface area contributed by atoms with E-state index in [0.29, 0.717) is 17.6 Å². The number of alkyl halides is 3. The average Bonchev–Trinajstić information content (AvgIpc) is 3.16. The number of likely N-dealkylation sites (tertiary alicyclic amines) is 1. The lowest BCUT2D eigenvalue weighted by Gasteiger charge is -2.30. The maximum Gasteiger partial charge on any atom is 0.416 e. The number of benzene rings is 1. The molecule has 3 aliphatic heterocycles. The molecule has 4 rings (SSSR count). The van der Waals surface area contributed by atoms with Crippen molar-refractivity contribution < 1.29 is 22.8 Å². The number of carbonyl (C=O) groups excluding carboxylic acids is 2. The van der Waals surface area contributed by atoms with Crippen molar-refractivity contribution in [3.05, 3.63) is 35.4 Å². The first kappa shape index (κ1) is 21.9. The minimum atomic E-state index is -4.41. The van der Waals surface area contributed by atoms with Gasteiger partial charge in [-0.25, -0.2) is 0 Å². The summed E-state index contributed by atoms with van der Waals surface area (Å²) < 4.78 is 38.6. The standard InChI is InChI=1S/C20H24F3N3O2.ClH/c21-20(22,23)14-3-1-2-12(6-14)10-26-11-13(7-18(26)27)19(28)25-17-8-15-4-5-16(9-17)24-15;/h1-3,6,13,15-17,24H,4-5,7-11H2,(H,25,28);1H. The fraction of sp³-hybridized carbons (Fsp3) is 0.600. The first-order chi connectivity index (χ1) is 13.3. The monoisotopic (exact) mass is 431 g/mol. The Bertz CT molecular complexity index is 762. The number of nitrogens with zero attached hydrogens (tertiary/aromatic N) is 1. The van der Waals surface area contributed by atoms with Crippen LogP contribution < -0.4 is 10.6 Å². The van der Waals surface area contributed by atoms with E-state index in [1.165, 1.54) is 11.0 Å². The molecule has 29 heavy (non-hydrogen) atoms. The lowest BCUT2D eigenvalue weighted by molar-refractivity contribution is -0.137. The molecule has 0 spiro atoms. The fourth-order valence-corrected chi connectivity index (χ4v) is 4.66. The summed E-state index contributed by atoms with van der Waals surface area (Å²) in [4.78, 5) is 26.4. The van der Waals surface area contributed by atoms with Crippen LogP contribution in [-0.2, 0) is 22.3 Å². The predicted octanol–water partition coefficient (Wildman–Crippen LogP) is 2.87. The van der Waals surface area contributed by atoms with Crippen LogP contribution in [0.5, 0.6) is 0 Å². The number of fused-ring (bicyclic) bond motifs is 2.